The summed E-state index contributed by atoms with van der Waals surface area (Å²) >= 11 is 0. The lowest BCUT2D eigenvalue weighted by atomic mass is 9.71. The normalized spacial score (nSPS) is 21.6. The zero-order valence-corrected chi connectivity index (χ0v) is 46.5. The lowest BCUT2D eigenvalue weighted by Crippen LogP contribution is -2.56. The Balaban J connectivity index is 0.876. The molecule has 8 rings (SSSR count). The summed E-state index contributed by atoms with van der Waals surface area (Å²) < 4.78 is 17.8. The van der Waals surface area contributed by atoms with Crippen LogP contribution in [0.3, 0.4) is 0 Å². The fraction of sp³-hybridized carbons (Fsp3) is 0.435. The number of hydrogen-bond donors (Lipinski definition) is 8. The summed E-state index contributed by atoms with van der Waals surface area (Å²) in [7, 11) is 0. The van der Waals surface area contributed by atoms with Gasteiger partial charge in [-0.25, -0.2) is 4.79 Å². The lowest BCUT2D eigenvalue weighted by molar-refractivity contribution is -0.249. The lowest BCUT2D eigenvalue weighted by Gasteiger charge is -2.42. The van der Waals surface area contributed by atoms with E-state index in [1.807, 2.05) is 37.3 Å². The number of aromatic hydroxyl groups is 2. The Morgan fingerprint density at radius 3 is 2.24 bits per heavy atom. The number of carbonyl (C=O) groups is 9. The first-order chi connectivity index (χ1) is 39.7. The van der Waals surface area contributed by atoms with E-state index in [0.717, 1.165) is 23.3 Å². The number of phenols is 2. The second kappa shape index (κ2) is 27.0. The Morgan fingerprint density at radius 2 is 1.54 bits per heavy atom. The summed E-state index contributed by atoms with van der Waals surface area (Å²) in [4.78, 5) is 120. The summed E-state index contributed by atoms with van der Waals surface area (Å²) in [5.74, 6) is -6.51. The van der Waals surface area contributed by atoms with Crippen molar-refractivity contribution in [3.8, 4) is 11.5 Å². The van der Waals surface area contributed by atoms with Crippen LogP contribution in [-0.4, -0.2) is 133 Å². The van der Waals surface area contributed by atoms with Gasteiger partial charge in [0.15, 0.2) is 29.4 Å². The van der Waals surface area contributed by atoms with Crippen LogP contribution in [0.25, 0.3) is 0 Å². The quantitative estimate of drug-likeness (QED) is 0.0201. The number of fused-ring (bicyclic) bond motifs is 3. The number of Topliss-reactive ketones (excluding diaryl/α,β-unsaturated/α-hetero) is 2. The number of aliphatic hydroxyl groups is 3. The summed E-state index contributed by atoms with van der Waals surface area (Å²) in [6.07, 6.45) is -0.540. The van der Waals surface area contributed by atoms with E-state index < -0.39 is 114 Å². The van der Waals surface area contributed by atoms with Gasteiger partial charge in [-0.05, 0) is 68.4 Å². The van der Waals surface area contributed by atoms with E-state index in [4.69, 9.17) is 14.2 Å². The van der Waals surface area contributed by atoms with E-state index >= 15 is 0 Å². The number of hydrogen-bond acceptors (Lipinski definition) is 17. The highest BCUT2D eigenvalue weighted by molar-refractivity contribution is 6.31. The number of amides is 5. The number of aliphatic hydroxyl groups excluding tert-OH is 2. The summed E-state index contributed by atoms with van der Waals surface area (Å²) in [6.45, 7) is 4.04. The van der Waals surface area contributed by atoms with Gasteiger partial charge in [0.25, 0.3) is 11.8 Å². The van der Waals surface area contributed by atoms with Gasteiger partial charge >= 0.3 is 6.09 Å². The Morgan fingerprint density at radius 1 is 0.831 bits per heavy atom. The molecule has 21 nitrogen and oxygen atoms in total. The number of nitrogens with one attached hydrogen (secondary N) is 3. The van der Waals surface area contributed by atoms with Gasteiger partial charge < -0.3 is 55.7 Å². The van der Waals surface area contributed by atoms with Crippen LogP contribution in [0.5, 0.6) is 11.5 Å². The van der Waals surface area contributed by atoms with Gasteiger partial charge in [-0.2, -0.15) is 0 Å². The van der Waals surface area contributed by atoms with Crippen LogP contribution in [-0.2, 0) is 62.4 Å². The molecule has 1 saturated heterocycles. The standard InChI is InChI=1S/C62H70N4O17/c1-4-5-8-17-38(28-44(68)42(27-36-15-9-6-10-16-36)64-47(70)19-11-7-12-26-66-48(71)24-25-49(66)72)60(78)63-39-22-20-37(21-23-39)33-81-61(79)65-43-29-50(82-35(3)55(43)73)83-45-31-62(80,46(69)32-67)30-41-52(45)59(77)54-53(57(41)75)56(74)40-18-13-14-34(2)51(40)58(54)76/h6,9-10,13-16,18,20-25,35,38,42-43,45,50,55,67,73,75,77,80H,4-5,7-8,11-12,17,19,26-33H2,1-3H3,(H,63,78)(H,64,70)(H,65,79)/t35-,38+,42-,43-,45?,50?,55+,62?/m0/s1. The molecule has 0 saturated carbocycles. The minimum atomic E-state index is -2.39. The number of imide groups is 1. The first-order valence-corrected chi connectivity index (χ1v) is 28.1. The monoisotopic (exact) mass is 1140 g/mol. The van der Waals surface area contributed by atoms with Gasteiger partial charge in [0, 0.05) is 84.7 Å². The van der Waals surface area contributed by atoms with E-state index in [-0.39, 0.29) is 90.5 Å². The topological polar surface area (TPSA) is 322 Å². The molecular weight excluding hydrogens is 1070 g/mol. The Bertz CT molecular complexity index is 3160. The molecule has 0 radical (unpaired) electrons. The second-order valence-corrected chi connectivity index (χ2v) is 21.8. The fourth-order valence-electron chi connectivity index (χ4n) is 11.3. The third kappa shape index (κ3) is 14.1. The summed E-state index contributed by atoms with van der Waals surface area (Å²) in [5, 5.41) is 64.7. The molecule has 5 amide bonds. The molecule has 0 bridgehead atoms. The molecular formula is C62H70N4O17. The third-order valence-electron chi connectivity index (χ3n) is 15.8. The van der Waals surface area contributed by atoms with Crippen LogP contribution in [0.1, 0.15) is 150 Å². The zero-order valence-electron chi connectivity index (χ0n) is 46.5. The van der Waals surface area contributed by atoms with Crippen molar-refractivity contribution in [2.75, 3.05) is 18.5 Å². The van der Waals surface area contributed by atoms with Crippen molar-refractivity contribution in [3.63, 3.8) is 0 Å². The minimum absolute atomic E-state index is 0.0125. The Kier molecular flexibility index (Phi) is 19.9. The fourth-order valence-corrected chi connectivity index (χ4v) is 11.3. The van der Waals surface area contributed by atoms with Crippen molar-refractivity contribution in [2.24, 2.45) is 5.92 Å². The van der Waals surface area contributed by atoms with Crippen LogP contribution in [0.2, 0.25) is 0 Å². The van der Waals surface area contributed by atoms with Crippen LogP contribution in [0, 0.1) is 12.8 Å². The number of phenolic OH excluding ortho intramolecular Hbond substituents is 2. The molecule has 0 spiro atoms. The van der Waals surface area contributed by atoms with Crippen molar-refractivity contribution < 1.29 is 82.9 Å². The first-order valence-electron chi connectivity index (χ1n) is 28.1. The van der Waals surface area contributed by atoms with Crippen molar-refractivity contribution in [3.05, 3.63) is 135 Å². The summed E-state index contributed by atoms with van der Waals surface area (Å²) in [5.41, 5.74) is -1.65. The van der Waals surface area contributed by atoms with Gasteiger partial charge in [-0.1, -0.05) is 93.3 Å². The number of carbonyl (C=O) groups excluding carboxylic acids is 9. The smallest absolute Gasteiger partial charge is 0.407 e. The van der Waals surface area contributed by atoms with Gasteiger partial charge in [0.1, 0.15) is 36.4 Å². The largest absolute Gasteiger partial charge is 0.507 e. The first kappa shape index (κ1) is 61.1. The highest BCUT2D eigenvalue weighted by Gasteiger charge is 2.50. The van der Waals surface area contributed by atoms with Crippen molar-refractivity contribution in [1.29, 1.82) is 0 Å². The molecule has 4 aromatic rings. The average Bonchev–Trinajstić information content (AvgIpc) is 1.48. The number of alkyl carbamates (subject to hydrolysis) is 1. The summed E-state index contributed by atoms with van der Waals surface area (Å²) in [6, 6.07) is 18.3. The van der Waals surface area contributed by atoms with E-state index in [2.05, 4.69) is 16.0 Å². The van der Waals surface area contributed by atoms with Gasteiger partial charge in [0.05, 0.1) is 35.4 Å². The second-order valence-electron chi connectivity index (χ2n) is 21.8. The minimum Gasteiger partial charge on any atom is -0.507 e. The number of anilines is 1. The zero-order chi connectivity index (χ0) is 59.7. The van der Waals surface area contributed by atoms with Crippen molar-refractivity contribution >= 4 is 58.5 Å². The van der Waals surface area contributed by atoms with E-state index in [0.29, 0.717) is 48.9 Å². The maximum absolute atomic E-state index is 14.1. The number of benzene rings is 4. The number of nitrogens with zero attached hydrogens (tertiary/aromatic N) is 1. The van der Waals surface area contributed by atoms with Crippen LogP contribution >= 0.6 is 0 Å². The van der Waals surface area contributed by atoms with Crippen LogP contribution in [0.4, 0.5) is 10.5 Å². The highest BCUT2D eigenvalue weighted by atomic mass is 16.7. The molecule has 8 atom stereocenters. The predicted octanol–water partition coefficient (Wildman–Crippen LogP) is 5.58. The Labute approximate surface area is 479 Å². The van der Waals surface area contributed by atoms with Gasteiger partial charge in [-0.15, -0.1) is 0 Å². The van der Waals surface area contributed by atoms with Crippen LogP contribution < -0.4 is 16.0 Å². The molecule has 0 aromatic heterocycles. The number of ether oxygens (including phenoxy) is 3. The number of unbranched alkanes of at least 4 members (excludes halogenated alkanes) is 4. The molecule has 83 heavy (non-hydrogen) atoms. The third-order valence-corrected chi connectivity index (χ3v) is 15.8. The maximum Gasteiger partial charge on any atom is 0.407 e. The molecule has 4 aromatic carbocycles. The molecule has 3 unspecified atom stereocenters. The van der Waals surface area contributed by atoms with Crippen LogP contribution in [0.15, 0.2) is 84.9 Å². The molecule has 2 heterocycles. The molecule has 21 heteroatoms. The molecule has 8 N–H and O–H groups in total. The van der Waals surface area contributed by atoms with Gasteiger partial charge in [-0.3, -0.25) is 43.3 Å². The number of rotatable bonds is 25. The van der Waals surface area contributed by atoms with Crippen molar-refractivity contribution in [2.45, 2.75) is 153 Å². The number of aryl methyl sites for hydroxylation is 1. The van der Waals surface area contributed by atoms with E-state index in [9.17, 15) is 68.7 Å². The van der Waals surface area contributed by atoms with E-state index in [1.54, 1.807) is 43.3 Å². The van der Waals surface area contributed by atoms with Crippen molar-refractivity contribution in [1.82, 2.24) is 15.5 Å². The van der Waals surface area contributed by atoms with E-state index in [1.165, 1.54) is 25.1 Å². The molecule has 1 fully saturated rings. The average molecular weight is 1140 g/mol. The molecule has 440 valence electrons. The predicted molar refractivity (Wildman–Crippen MR) is 298 cm³/mol. The maximum atomic E-state index is 14.1. The van der Waals surface area contributed by atoms with Gasteiger partial charge in [0.2, 0.25) is 11.8 Å². The Hall–Kier alpha value is -7.95. The molecule has 2 aliphatic carbocycles. The molecule has 2 aliphatic heterocycles. The molecule has 4 aliphatic rings. The number of ketones is 4. The SMILES string of the molecule is CCCCC[C@H](CC(=O)[C@H](Cc1ccccc1)NC(=O)CCCCCN1C(=O)C=CC1=O)C(=O)Nc1ccc(COC(=O)N[C@H]2CC(OC3CC(O)(C(=O)CO)Cc4c(O)c5c(c(O)c43)C(=O)c3c(C)cccc3C5=O)O[C@@H](C)[C@H]2O)cc1. The highest BCUT2D eigenvalue weighted by Crippen LogP contribution is 2.52.